The minimum Gasteiger partial charge on any atom is -0.346 e. The third-order valence-electron chi connectivity index (χ3n) is 5.90. The van der Waals surface area contributed by atoms with Gasteiger partial charge in [0.15, 0.2) is 0 Å². The summed E-state index contributed by atoms with van der Waals surface area (Å²) in [5.41, 5.74) is 1.92. The van der Waals surface area contributed by atoms with Crippen LogP contribution in [0, 0.1) is 5.92 Å². The molecule has 33 heavy (non-hydrogen) atoms. The van der Waals surface area contributed by atoms with Crippen molar-refractivity contribution in [3.05, 3.63) is 65.8 Å². The van der Waals surface area contributed by atoms with Crippen molar-refractivity contribution in [2.24, 2.45) is 5.92 Å². The lowest BCUT2D eigenvalue weighted by atomic mass is 9.96. The van der Waals surface area contributed by atoms with Gasteiger partial charge in [-0.15, -0.1) is 0 Å². The van der Waals surface area contributed by atoms with E-state index in [1.54, 1.807) is 12.3 Å². The first kappa shape index (κ1) is 23.4. The minimum absolute atomic E-state index is 0.00680. The van der Waals surface area contributed by atoms with Crippen LogP contribution in [0.25, 0.3) is 11.3 Å². The second-order valence-electron chi connectivity index (χ2n) is 7.99. The van der Waals surface area contributed by atoms with Crippen LogP contribution in [-0.4, -0.2) is 46.7 Å². The summed E-state index contributed by atoms with van der Waals surface area (Å²) in [6.45, 7) is 2.49. The number of imidazole rings is 1. The molecule has 1 saturated heterocycles. The van der Waals surface area contributed by atoms with Gasteiger partial charge >= 0.3 is 0 Å². The molecule has 8 nitrogen and oxygen atoms in total. The van der Waals surface area contributed by atoms with Crippen LogP contribution >= 0.6 is 11.6 Å². The van der Waals surface area contributed by atoms with E-state index in [1.807, 2.05) is 37.3 Å². The normalized spacial score (nSPS) is 16.4. The van der Waals surface area contributed by atoms with Gasteiger partial charge in [-0.25, -0.2) is 18.4 Å². The maximum atomic E-state index is 12.9. The highest BCUT2D eigenvalue weighted by Gasteiger charge is 2.34. The molecular weight excluding hydrogens is 462 g/mol. The topological polar surface area (TPSA) is 108 Å². The molecule has 0 aliphatic carbocycles. The van der Waals surface area contributed by atoms with E-state index in [-0.39, 0.29) is 41.0 Å². The number of rotatable bonds is 7. The van der Waals surface area contributed by atoms with Crippen LogP contribution in [-0.2, 0) is 14.8 Å². The Hall–Kier alpha value is -2.75. The van der Waals surface area contributed by atoms with E-state index < -0.39 is 10.0 Å². The summed E-state index contributed by atoms with van der Waals surface area (Å²) in [4.78, 5) is 24.6. The number of H-pyrrole nitrogens is 1. The number of amides is 1. The summed E-state index contributed by atoms with van der Waals surface area (Å²) in [6.07, 6.45) is 4.77. The highest BCUT2D eigenvalue weighted by atomic mass is 35.5. The van der Waals surface area contributed by atoms with Gasteiger partial charge in [-0.3, -0.25) is 4.79 Å². The number of carbonyl (C=O) groups excluding carboxylic acids is 1. The van der Waals surface area contributed by atoms with Crippen LogP contribution < -0.4 is 5.32 Å². The summed E-state index contributed by atoms with van der Waals surface area (Å²) >= 11 is 5.99. The van der Waals surface area contributed by atoms with E-state index in [0.717, 1.165) is 11.3 Å². The number of hydrogen-bond acceptors (Lipinski definition) is 5. The van der Waals surface area contributed by atoms with Gasteiger partial charge in [0.05, 0.1) is 17.9 Å². The minimum atomic E-state index is -3.74. The Morgan fingerprint density at radius 1 is 1.18 bits per heavy atom. The Morgan fingerprint density at radius 2 is 1.91 bits per heavy atom. The van der Waals surface area contributed by atoms with Crippen molar-refractivity contribution in [3.8, 4) is 11.3 Å². The van der Waals surface area contributed by atoms with E-state index in [1.165, 1.54) is 16.6 Å². The molecule has 1 fully saturated rings. The van der Waals surface area contributed by atoms with Gasteiger partial charge < -0.3 is 10.3 Å². The van der Waals surface area contributed by atoms with Gasteiger partial charge in [-0.1, -0.05) is 48.9 Å². The molecule has 1 aliphatic rings. The number of pyridine rings is 1. The first-order chi connectivity index (χ1) is 15.9. The number of carbonyl (C=O) groups is 1. The third-order valence-corrected chi connectivity index (χ3v) is 8.25. The molecule has 4 rings (SSSR count). The summed E-state index contributed by atoms with van der Waals surface area (Å²) in [5.74, 6) is 0.352. The van der Waals surface area contributed by atoms with Crippen LogP contribution in [0.5, 0.6) is 0 Å². The Morgan fingerprint density at radius 3 is 2.58 bits per heavy atom. The predicted molar refractivity (Wildman–Crippen MR) is 126 cm³/mol. The summed E-state index contributed by atoms with van der Waals surface area (Å²) in [7, 11) is -3.74. The molecule has 0 radical (unpaired) electrons. The summed E-state index contributed by atoms with van der Waals surface area (Å²) < 4.78 is 27.2. The zero-order chi connectivity index (χ0) is 23.4. The monoisotopic (exact) mass is 487 g/mol. The smallest absolute Gasteiger partial charge is 0.246 e. The van der Waals surface area contributed by atoms with Crippen molar-refractivity contribution in [2.45, 2.75) is 37.1 Å². The Bertz CT molecular complexity index is 1210. The second kappa shape index (κ2) is 10.0. The third kappa shape index (κ3) is 5.10. The van der Waals surface area contributed by atoms with Gasteiger partial charge in [0.25, 0.3) is 0 Å². The number of benzene rings is 1. The van der Waals surface area contributed by atoms with E-state index in [4.69, 9.17) is 11.6 Å². The van der Waals surface area contributed by atoms with Crippen molar-refractivity contribution in [3.63, 3.8) is 0 Å². The fourth-order valence-corrected chi connectivity index (χ4v) is 5.89. The van der Waals surface area contributed by atoms with Crippen LogP contribution in [0.1, 0.15) is 38.1 Å². The fraction of sp³-hybridized carbons (Fsp3) is 0.348. The number of piperidine rings is 1. The molecule has 0 spiro atoms. The SMILES string of the molecule is CCC(NC(=O)C1CCN(S(=O)(=O)c2cccnc2Cl)CC1)c1ncc(-c2ccccc2)[nH]1. The van der Waals surface area contributed by atoms with Crippen molar-refractivity contribution in [2.75, 3.05) is 13.1 Å². The van der Waals surface area contributed by atoms with Gasteiger partial charge in [-0.05, 0) is 37.0 Å². The number of halogens is 1. The molecule has 1 aliphatic heterocycles. The van der Waals surface area contributed by atoms with Crippen LogP contribution in [0.4, 0.5) is 0 Å². The zero-order valence-corrected chi connectivity index (χ0v) is 19.8. The summed E-state index contributed by atoms with van der Waals surface area (Å²) in [5, 5.41) is 3.04. The average molecular weight is 488 g/mol. The largest absolute Gasteiger partial charge is 0.346 e. The number of hydrogen-bond donors (Lipinski definition) is 2. The van der Waals surface area contributed by atoms with Crippen molar-refractivity contribution in [1.29, 1.82) is 0 Å². The molecule has 1 amide bonds. The Balaban J connectivity index is 1.38. The highest BCUT2D eigenvalue weighted by molar-refractivity contribution is 7.89. The summed E-state index contributed by atoms with van der Waals surface area (Å²) in [6, 6.07) is 12.6. The van der Waals surface area contributed by atoms with Crippen molar-refractivity contribution < 1.29 is 13.2 Å². The lowest BCUT2D eigenvalue weighted by molar-refractivity contribution is -0.127. The molecule has 1 aromatic carbocycles. The maximum absolute atomic E-state index is 12.9. The van der Waals surface area contributed by atoms with E-state index in [0.29, 0.717) is 25.1 Å². The first-order valence-corrected chi connectivity index (χ1v) is 12.7. The highest BCUT2D eigenvalue weighted by Crippen LogP contribution is 2.28. The molecule has 0 bridgehead atoms. The lowest BCUT2D eigenvalue weighted by Gasteiger charge is -2.31. The molecule has 174 valence electrons. The maximum Gasteiger partial charge on any atom is 0.246 e. The second-order valence-corrected chi connectivity index (χ2v) is 10.3. The Kier molecular flexibility index (Phi) is 7.11. The number of sulfonamides is 1. The van der Waals surface area contributed by atoms with Gasteiger partial charge in [-0.2, -0.15) is 4.31 Å². The van der Waals surface area contributed by atoms with Crippen molar-refractivity contribution in [1.82, 2.24) is 24.6 Å². The molecule has 2 N–H and O–H groups in total. The van der Waals surface area contributed by atoms with Crippen LogP contribution in [0.15, 0.2) is 59.8 Å². The van der Waals surface area contributed by atoms with Gasteiger partial charge in [0.2, 0.25) is 15.9 Å². The number of aromatic amines is 1. The average Bonchev–Trinajstić information content (AvgIpc) is 3.33. The molecule has 3 heterocycles. The zero-order valence-electron chi connectivity index (χ0n) is 18.2. The van der Waals surface area contributed by atoms with Crippen LogP contribution in [0.3, 0.4) is 0 Å². The predicted octanol–water partition coefficient (Wildman–Crippen LogP) is 3.79. The number of nitrogens with zero attached hydrogens (tertiary/aromatic N) is 3. The van der Waals surface area contributed by atoms with E-state index >= 15 is 0 Å². The van der Waals surface area contributed by atoms with Crippen molar-refractivity contribution >= 4 is 27.5 Å². The van der Waals surface area contributed by atoms with Gasteiger partial charge in [0.1, 0.15) is 15.9 Å². The lowest BCUT2D eigenvalue weighted by Crippen LogP contribution is -2.43. The number of aromatic nitrogens is 3. The van der Waals surface area contributed by atoms with E-state index in [2.05, 4.69) is 20.3 Å². The molecule has 1 unspecified atom stereocenters. The molecule has 1 atom stereocenters. The molecular formula is C23H26ClN5O3S. The molecule has 0 saturated carbocycles. The first-order valence-electron chi connectivity index (χ1n) is 10.9. The number of nitrogens with one attached hydrogen (secondary N) is 2. The molecule has 10 heteroatoms. The van der Waals surface area contributed by atoms with Crippen LogP contribution in [0.2, 0.25) is 5.15 Å². The van der Waals surface area contributed by atoms with E-state index in [9.17, 15) is 13.2 Å². The van der Waals surface area contributed by atoms with Gasteiger partial charge in [0, 0.05) is 25.2 Å². The Labute approximate surface area is 198 Å². The fourth-order valence-electron chi connectivity index (χ4n) is 3.99. The quantitative estimate of drug-likeness (QED) is 0.493. The molecule has 2 aromatic heterocycles. The molecule has 3 aromatic rings. The standard InChI is InChI=1S/C23H26ClN5O3S/c1-2-18(22-26-15-19(27-22)16-7-4-3-5-8-16)28-23(30)17-10-13-29(14-11-17)33(31,32)20-9-6-12-25-21(20)24/h3-9,12,15,17-18H,2,10-11,13-14H2,1H3,(H,26,27)(H,28,30).